The molecule has 1 aliphatic heterocycles. The van der Waals surface area contributed by atoms with Crippen LogP contribution in [0.2, 0.25) is 0 Å². The Morgan fingerprint density at radius 2 is 1.89 bits per heavy atom. The van der Waals surface area contributed by atoms with E-state index in [0.29, 0.717) is 6.42 Å². The third kappa shape index (κ3) is 6.75. The molecular weight excluding hydrogens is 401 g/mol. The van der Waals surface area contributed by atoms with Crippen LogP contribution in [-0.2, 0) is 11.2 Å². The van der Waals surface area contributed by atoms with Crippen molar-refractivity contribution in [3.63, 3.8) is 0 Å². The lowest BCUT2D eigenvalue weighted by Gasteiger charge is -2.32. The standard InChI is InChI=1S/C20H27N3OS.2ClH/c1-15-3-5-17(6-4-15)20-22-18(14-25-20)13-19(24)23-11-8-16(9-12-23)7-10-21-2;;/h3-6,14,16,21H,7-13H2,1-2H3;2*1H. The molecule has 2 aromatic rings. The average Bonchev–Trinajstić information content (AvgIpc) is 3.09. The van der Waals surface area contributed by atoms with Crippen LogP contribution in [0.5, 0.6) is 0 Å². The van der Waals surface area contributed by atoms with Crippen LogP contribution in [0.15, 0.2) is 29.6 Å². The lowest BCUT2D eigenvalue weighted by atomic mass is 9.93. The maximum absolute atomic E-state index is 12.6. The van der Waals surface area contributed by atoms with Crippen LogP contribution in [-0.4, -0.2) is 42.5 Å². The second kappa shape index (κ2) is 11.6. The SMILES string of the molecule is CNCCC1CCN(C(=O)Cc2csc(-c3ccc(C)cc3)n2)CC1.Cl.Cl. The highest BCUT2D eigenvalue weighted by Gasteiger charge is 2.23. The normalized spacial score (nSPS) is 14.4. The summed E-state index contributed by atoms with van der Waals surface area (Å²) in [5, 5.41) is 6.23. The predicted octanol–water partition coefficient (Wildman–Crippen LogP) is 4.35. The number of aromatic nitrogens is 1. The quantitative estimate of drug-likeness (QED) is 0.741. The molecule has 150 valence electrons. The van der Waals surface area contributed by atoms with Gasteiger partial charge in [0.05, 0.1) is 12.1 Å². The first-order chi connectivity index (χ1) is 12.2. The van der Waals surface area contributed by atoms with Crippen molar-refractivity contribution >= 4 is 42.1 Å². The zero-order chi connectivity index (χ0) is 17.6. The number of carbonyl (C=O) groups is 1. The summed E-state index contributed by atoms with van der Waals surface area (Å²) in [4.78, 5) is 19.2. The number of nitrogens with one attached hydrogen (secondary N) is 1. The third-order valence-corrected chi connectivity index (χ3v) is 5.89. The Bertz CT molecular complexity index is 698. The van der Waals surface area contributed by atoms with Crippen molar-refractivity contribution < 1.29 is 4.79 Å². The molecule has 1 saturated heterocycles. The fourth-order valence-electron chi connectivity index (χ4n) is 3.30. The second-order valence-corrected chi connectivity index (χ2v) is 7.76. The number of halogens is 2. The van der Waals surface area contributed by atoms with Gasteiger partial charge in [0.25, 0.3) is 0 Å². The number of nitrogens with zero attached hydrogens (tertiary/aromatic N) is 2. The Balaban J connectivity index is 0.00000182. The number of piperidine rings is 1. The lowest BCUT2D eigenvalue weighted by Crippen LogP contribution is -2.39. The number of rotatable bonds is 6. The zero-order valence-electron chi connectivity index (χ0n) is 15.9. The minimum absolute atomic E-state index is 0. The van der Waals surface area contributed by atoms with Gasteiger partial charge in [0.15, 0.2) is 0 Å². The van der Waals surface area contributed by atoms with E-state index in [9.17, 15) is 4.79 Å². The van der Waals surface area contributed by atoms with E-state index in [-0.39, 0.29) is 30.7 Å². The number of thiazole rings is 1. The van der Waals surface area contributed by atoms with Gasteiger partial charge in [-0.2, -0.15) is 0 Å². The zero-order valence-corrected chi connectivity index (χ0v) is 18.4. The fourth-order valence-corrected chi connectivity index (χ4v) is 4.13. The number of likely N-dealkylation sites (tertiary alicyclic amines) is 1. The van der Waals surface area contributed by atoms with Crippen LogP contribution in [0, 0.1) is 12.8 Å². The summed E-state index contributed by atoms with van der Waals surface area (Å²) < 4.78 is 0. The smallest absolute Gasteiger partial charge is 0.228 e. The molecule has 0 aliphatic carbocycles. The number of benzene rings is 1. The number of hydrogen-bond acceptors (Lipinski definition) is 4. The van der Waals surface area contributed by atoms with E-state index < -0.39 is 0 Å². The molecule has 1 fully saturated rings. The monoisotopic (exact) mass is 429 g/mol. The van der Waals surface area contributed by atoms with E-state index in [2.05, 4.69) is 41.5 Å². The molecule has 27 heavy (non-hydrogen) atoms. The van der Waals surface area contributed by atoms with Crippen LogP contribution in [0.3, 0.4) is 0 Å². The summed E-state index contributed by atoms with van der Waals surface area (Å²) in [6, 6.07) is 8.38. The second-order valence-electron chi connectivity index (χ2n) is 6.90. The van der Waals surface area contributed by atoms with E-state index in [1.165, 1.54) is 12.0 Å². The van der Waals surface area contributed by atoms with Crippen molar-refractivity contribution in [2.24, 2.45) is 5.92 Å². The average molecular weight is 430 g/mol. The van der Waals surface area contributed by atoms with Gasteiger partial charge in [0, 0.05) is 24.0 Å². The lowest BCUT2D eigenvalue weighted by molar-refractivity contribution is -0.131. The third-order valence-electron chi connectivity index (χ3n) is 4.95. The van der Waals surface area contributed by atoms with Gasteiger partial charge in [0.1, 0.15) is 5.01 Å². The topological polar surface area (TPSA) is 45.2 Å². The van der Waals surface area contributed by atoms with Gasteiger partial charge in [-0.1, -0.05) is 29.8 Å². The van der Waals surface area contributed by atoms with Gasteiger partial charge in [-0.3, -0.25) is 4.79 Å². The van der Waals surface area contributed by atoms with Gasteiger partial charge >= 0.3 is 0 Å². The fraction of sp³-hybridized carbons (Fsp3) is 0.500. The van der Waals surface area contributed by atoms with Crippen LogP contribution in [0.4, 0.5) is 0 Å². The molecule has 1 aromatic carbocycles. The van der Waals surface area contributed by atoms with E-state index in [1.807, 2.05) is 17.3 Å². The van der Waals surface area contributed by atoms with Crippen molar-refractivity contribution in [3.05, 3.63) is 40.9 Å². The molecule has 1 aromatic heterocycles. The summed E-state index contributed by atoms with van der Waals surface area (Å²) in [7, 11) is 2.00. The molecule has 1 amide bonds. The largest absolute Gasteiger partial charge is 0.342 e. The highest BCUT2D eigenvalue weighted by atomic mass is 35.5. The molecule has 0 bridgehead atoms. The molecule has 0 unspecified atom stereocenters. The van der Waals surface area contributed by atoms with E-state index in [0.717, 1.165) is 54.7 Å². The molecule has 7 heteroatoms. The minimum atomic E-state index is 0. The van der Waals surface area contributed by atoms with Gasteiger partial charge in [-0.25, -0.2) is 4.98 Å². The van der Waals surface area contributed by atoms with Crippen LogP contribution in [0.1, 0.15) is 30.5 Å². The van der Waals surface area contributed by atoms with Gasteiger partial charge in [-0.05, 0) is 45.7 Å². The van der Waals surface area contributed by atoms with Crippen molar-refractivity contribution in [2.45, 2.75) is 32.6 Å². The summed E-state index contributed by atoms with van der Waals surface area (Å²) in [5.41, 5.74) is 3.26. The van der Waals surface area contributed by atoms with E-state index in [1.54, 1.807) is 11.3 Å². The molecule has 0 spiro atoms. The number of aryl methyl sites for hydroxylation is 1. The van der Waals surface area contributed by atoms with E-state index >= 15 is 0 Å². The van der Waals surface area contributed by atoms with Gasteiger partial charge in [0.2, 0.25) is 5.91 Å². The summed E-state index contributed by atoms with van der Waals surface area (Å²) >= 11 is 1.62. The molecule has 1 aliphatic rings. The Kier molecular flexibility index (Phi) is 10.3. The van der Waals surface area contributed by atoms with Gasteiger partial charge < -0.3 is 10.2 Å². The molecule has 1 N–H and O–H groups in total. The first-order valence-corrected chi connectivity index (χ1v) is 9.97. The van der Waals surface area contributed by atoms with Crippen LogP contribution >= 0.6 is 36.2 Å². The van der Waals surface area contributed by atoms with E-state index in [4.69, 9.17) is 0 Å². The summed E-state index contributed by atoms with van der Waals surface area (Å²) in [5.74, 6) is 0.969. The maximum atomic E-state index is 12.6. The van der Waals surface area contributed by atoms with Crippen LogP contribution in [0.25, 0.3) is 10.6 Å². The Hall–Kier alpha value is -1.14. The molecule has 4 nitrogen and oxygen atoms in total. The molecule has 0 radical (unpaired) electrons. The Morgan fingerprint density at radius 1 is 1.22 bits per heavy atom. The summed E-state index contributed by atoms with van der Waals surface area (Å²) in [6.45, 7) is 4.93. The molecule has 0 atom stereocenters. The number of carbonyl (C=O) groups excluding carboxylic acids is 1. The number of amides is 1. The predicted molar refractivity (Wildman–Crippen MR) is 118 cm³/mol. The first kappa shape index (κ1) is 23.9. The highest BCUT2D eigenvalue weighted by Crippen LogP contribution is 2.25. The van der Waals surface area contributed by atoms with Crippen molar-refractivity contribution in [1.29, 1.82) is 0 Å². The molecular formula is C20H29Cl2N3OS. The van der Waals surface area contributed by atoms with Crippen molar-refractivity contribution in [2.75, 3.05) is 26.7 Å². The number of hydrogen-bond donors (Lipinski definition) is 1. The minimum Gasteiger partial charge on any atom is -0.342 e. The molecule has 0 saturated carbocycles. The molecule has 2 heterocycles. The van der Waals surface area contributed by atoms with Gasteiger partial charge in [-0.15, -0.1) is 36.2 Å². The highest BCUT2D eigenvalue weighted by molar-refractivity contribution is 7.13. The Morgan fingerprint density at radius 3 is 2.52 bits per heavy atom. The van der Waals surface area contributed by atoms with Crippen LogP contribution < -0.4 is 5.32 Å². The van der Waals surface area contributed by atoms with Crippen molar-refractivity contribution in [3.8, 4) is 10.6 Å². The maximum Gasteiger partial charge on any atom is 0.228 e. The van der Waals surface area contributed by atoms with Crippen molar-refractivity contribution in [1.82, 2.24) is 15.2 Å². The summed E-state index contributed by atoms with van der Waals surface area (Å²) in [6.07, 6.45) is 3.88. The first-order valence-electron chi connectivity index (χ1n) is 9.09. The molecule has 3 rings (SSSR count). The Labute approximate surface area is 178 Å².